The van der Waals surface area contributed by atoms with Crippen LogP contribution >= 0.6 is 0 Å². The minimum absolute atomic E-state index is 0.0463. The molecule has 4 nitrogen and oxygen atoms in total. The zero-order valence-corrected chi connectivity index (χ0v) is 10.9. The Kier molecular flexibility index (Phi) is 2.62. The van der Waals surface area contributed by atoms with Gasteiger partial charge in [0, 0.05) is 12.6 Å². The van der Waals surface area contributed by atoms with Gasteiger partial charge in [-0.15, -0.1) is 0 Å². The van der Waals surface area contributed by atoms with Gasteiger partial charge >= 0.3 is 5.97 Å². The van der Waals surface area contributed by atoms with Crippen LogP contribution in [0.25, 0.3) is 0 Å². The second kappa shape index (κ2) is 4.08. The third-order valence-electron chi connectivity index (χ3n) is 4.73. The molecule has 1 fully saturated rings. The Balaban J connectivity index is 2.23. The van der Waals surface area contributed by atoms with Crippen molar-refractivity contribution in [1.29, 1.82) is 0 Å². The quantitative estimate of drug-likeness (QED) is 0.841. The maximum absolute atomic E-state index is 12.5. The van der Waals surface area contributed by atoms with Gasteiger partial charge in [0.05, 0.1) is 5.54 Å². The molecular weight excluding hydrogens is 242 g/mol. The standard InChI is InChI=1S/C15H17NO3/c1-16-13(17)11-7-3-2-6-10(11)12(14(18)19)15(16)8-4-5-9-15/h2-3,6-7,12H,4-5,8-9H2,1H3,(H,18,19). The molecule has 1 spiro atoms. The van der Waals surface area contributed by atoms with Crippen LogP contribution in [0.4, 0.5) is 0 Å². The van der Waals surface area contributed by atoms with E-state index in [1.165, 1.54) is 0 Å². The highest BCUT2D eigenvalue weighted by Crippen LogP contribution is 2.49. The molecule has 1 unspecified atom stereocenters. The van der Waals surface area contributed by atoms with Crippen LogP contribution < -0.4 is 0 Å². The van der Waals surface area contributed by atoms with Crippen LogP contribution in [0, 0.1) is 0 Å². The van der Waals surface area contributed by atoms with Crippen molar-refractivity contribution in [1.82, 2.24) is 4.90 Å². The Labute approximate surface area is 112 Å². The molecule has 0 saturated heterocycles. The van der Waals surface area contributed by atoms with Crippen LogP contribution in [0.15, 0.2) is 24.3 Å². The fourth-order valence-corrected chi connectivity index (χ4v) is 3.78. The van der Waals surface area contributed by atoms with Crippen LogP contribution in [0.5, 0.6) is 0 Å². The van der Waals surface area contributed by atoms with Gasteiger partial charge in [-0.2, -0.15) is 0 Å². The number of benzene rings is 1. The first kappa shape index (κ1) is 12.2. The van der Waals surface area contributed by atoms with E-state index in [1.807, 2.05) is 6.07 Å². The SMILES string of the molecule is CN1C(=O)c2ccccc2C(C(=O)O)C12CCCC2. The van der Waals surface area contributed by atoms with E-state index in [0.29, 0.717) is 11.1 Å². The fraction of sp³-hybridized carbons (Fsp3) is 0.467. The lowest BCUT2D eigenvalue weighted by Crippen LogP contribution is -2.57. The number of fused-ring (bicyclic) bond motifs is 1. The molecule has 1 aromatic carbocycles. The van der Waals surface area contributed by atoms with Gasteiger partial charge in [-0.1, -0.05) is 31.0 Å². The molecule has 19 heavy (non-hydrogen) atoms. The Hall–Kier alpha value is -1.84. The number of carboxylic acids is 1. The maximum Gasteiger partial charge on any atom is 0.313 e. The molecular formula is C15H17NO3. The highest BCUT2D eigenvalue weighted by molar-refractivity contribution is 6.00. The summed E-state index contributed by atoms with van der Waals surface area (Å²) in [6.07, 6.45) is 3.54. The number of carbonyl (C=O) groups excluding carboxylic acids is 1. The van der Waals surface area contributed by atoms with Crippen molar-refractivity contribution in [3.05, 3.63) is 35.4 Å². The van der Waals surface area contributed by atoms with Gasteiger partial charge in [0.25, 0.3) is 5.91 Å². The molecule has 0 bridgehead atoms. The lowest BCUT2D eigenvalue weighted by molar-refractivity contribution is -0.142. The summed E-state index contributed by atoms with van der Waals surface area (Å²) in [5.41, 5.74) is 0.687. The minimum atomic E-state index is -0.825. The van der Waals surface area contributed by atoms with E-state index in [9.17, 15) is 14.7 Å². The number of hydrogen-bond donors (Lipinski definition) is 1. The van der Waals surface area contributed by atoms with Crippen molar-refractivity contribution in [2.75, 3.05) is 7.05 Å². The van der Waals surface area contributed by atoms with Gasteiger partial charge in [-0.05, 0) is 24.5 Å². The summed E-state index contributed by atoms with van der Waals surface area (Å²) in [5.74, 6) is -1.47. The predicted octanol–water partition coefficient (Wildman–Crippen LogP) is 2.25. The zero-order valence-electron chi connectivity index (χ0n) is 10.9. The van der Waals surface area contributed by atoms with Gasteiger partial charge in [0.2, 0.25) is 0 Å². The summed E-state index contributed by atoms with van der Waals surface area (Å²) in [5, 5.41) is 9.68. The Morgan fingerprint density at radius 3 is 2.58 bits per heavy atom. The molecule has 1 N–H and O–H groups in total. The smallest absolute Gasteiger partial charge is 0.313 e. The summed E-state index contributed by atoms with van der Waals surface area (Å²) in [6.45, 7) is 0. The zero-order chi connectivity index (χ0) is 13.6. The molecule has 1 aliphatic heterocycles. The van der Waals surface area contributed by atoms with E-state index in [-0.39, 0.29) is 5.91 Å². The first-order valence-electron chi connectivity index (χ1n) is 6.68. The summed E-state index contributed by atoms with van der Waals surface area (Å²) in [4.78, 5) is 26.0. The van der Waals surface area contributed by atoms with Crippen molar-refractivity contribution in [2.45, 2.75) is 37.1 Å². The number of aliphatic carboxylic acids is 1. The summed E-state index contributed by atoms with van der Waals surface area (Å²) in [7, 11) is 1.75. The van der Waals surface area contributed by atoms with Crippen molar-refractivity contribution in [3.8, 4) is 0 Å². The number of amides is 1. The van der Waals surface area contributed by atoms with E-state index in [4.69, 9.17) is 0 Å². The molecule has 0 aromatic heterocycles. The molecule has 1 amide bonds. The molecule has 100 valence electrons. The van der Waals surface area contributed by atoms with Crippen molar-refractivity contribution >= 4 is 11.9 Å². The lowest BCUT2D eigenvalue weighted by atomic mass is 9.72. The highest BCUT2D eigenvalue weighted by atomic mass is 16.4. The number of likely N-dealkylation sites (N-methyl/N-ethyl adjacent to an activating group) is 1. The summed E-state index contributed by atoms with van der Waals surface area (Å²) in [6, 6.07) is 7.12. The van der Waals surface area contributed by atoms with Crippen LogP contribution in [0.3, 0.4) is 0 Å². The van der Waals surface area contributed by atoms with E-state index in [1.54, 1.807) is 30.1 Å². The molecule has 3 rings (SSSR count). The molecule has 2 aliphatic rings. The molecule has 1 atom stereocenters. The van der Waals surface area contributed by atoms with Crippen LogP contribution in [-0.2, 0) is 4.79 Å². The normalized spacial score (nSPS) is 24.6. The van der Waals surface area contributed by atoms with Gasteiger partial charge in [0.15, 0.2) is 0 Å². The number of carbonyl (C=O) groups is 2. The number of carboxylic acid groups (broad SMARTS) is 1. The van der Waals surface area contributed by atoms with E-state index < -0.39 is 17.4 Å². The fourth-order valence-electron chi connectivity index (χ4n) is 3.78. The minimum Gasteiger partial charge on any atom is -0.481 e. The number of nitrogens with zero attached hydrogens (tertiary/aromatic N) is 1. The van der Waals surface area contributed by atoms with E-state index >= 15 is 0 Å². The predicted molar refractivity (Wildman–Crippen MR) is 70.1 cm³/mol. The molecule has 4 heteroatoms. The second-order valence-corrected chi connectivity index (χ2v) is 5.53. The molecule has 1 aliphatic carbocycles. The highest BCUT2D eigenvalue weighted by Gasteiger charge is 2.54. The third kappa shape index (κ3) is 1.52. The number of rotatable bonds is 1. The van der Waals surface area contributed by atoms with E-state index in [2.05, 4.69) is 0 Å². The van der Waals surface area contributed by atoms with E-state index in [0.717, 1.165) is 25.7 Å². The van der Waals surface area contributed by atoms with Gasteiger partial charge in [0.1, 0.15) is 5.92 Å². The third-order valence-corrected chi connectivity index (χ3v) is 4.73. The van der Waals surface area contributed by atoms with Gasteiger partial charge in [-0.25, -0.2) is 0 Å². The molecule has 1 saturated carbocycles. The van der Waals surface area contributed by atoms with Gasteiger partial charge < -0.3 is 10.0 Å². The monoisotopic (exact) mass is 259 g/mol. The first-order chi connectivity index (χ1) is 9.08. The Morgan fingerprint density at radius 2 is 1.95 bits per heavy atom. The van der Waals surface area contributed by atoms with Crippen molar-refractivity contribution < 1.29 is 14.7 Å². The Morgan fingerprint density at radius 1 is 1.32 bits per heavy atom. The average molecular weight is 259 g/mol. The summed E-state index contributed by atoms with van der Waals surface area (Å²) < 4.78 is 0. The second-order valence-electron chi connectivity index (χ2n) is 5.53. The van der Waals surface area contributed by atoms with Crippen LogP contribution in [0.1, 0.15) is 47.5 Å². The lowest BCUT2D eigenvalue weighted by Gasteiger charge is -2.47. The average Bonchev–Trinajstić information content (AvgIpc) is 2.86. The molecule has 1 aromatic rings. The molecule has 0 radical (unpaired) electrons. The van der Waals surface area contributed by atoms with Crippen LogP contribution in [-0.4, -0.2) is 34.5 Å². The largest absolute Gasteiger partial charge is 0.481 e. The first-order valence-corrected chi connectivity index (χ1v) is 6.68. The van der Waals surface area contributed by atoms with Gasteiger partial charge in [-0.3, -0.25) is 9.59 Å². The molecule has 1 heterocycles. The topological polar surface area (TPSA) is 57.6 Å². The van der Waals surface area contributed by atoms with Crippen molar-refractivity contribution in [2.24, 2.45) is 0 Å². The Bertz CT molecular complexity index is 546. The summed E-state index contributed by atoms with van der Waals surface area (Å²) >= 11 is 0. The van der Waals surface area contributed by atoms with Crippen LogP contribution in [0.2, 0.25) is 0 Å². The number of hydrogen-bond acceptors (Lipinski definition) is 2. The maximum atomic E-state index is 12.5. The van der Waals surface area contributed by atoms with Crippen molar-refractivity contribution in [3.63, 3.8) is 0 Å².